The molecule has 104 valence electrons. The third-order valence-electron chi connectivity index (χ3n) is 4.15. The fraction of sp³-hybridized carbons (Fsp3) is 0.625. The molecule has 2 fully saturated rings. The van der Waals surface area contributed by atoms with Crippen LogP contribution in [0.3, 0.4) is 0 Å². The van der Waals surface area contributed by atoms with Gasteiger partial charge in [0.25, 0.3) is 0 Å². The molecule has 2 aliphatic rings. The summed E-state index contributed by atoms with van der Waals surface area (Å²) in [5.74, 6) is 2.91. The first kappa shape index (κ1) is 13.4. The zero-order chi connectivity index (χ0) is 13.2. The normalized spacial score (nSPS) is 18.9. The Morgan fingerprint density at radius 1 is 1.26 bits per heavy atom. The average molecular weight is 324 g/mol. The van der Waals surface area contributed by atoms with Gasteiger partial charge >= 0.3 is 0 Å². The molecule has 2 nitrogen and oxygen atoms in total. The van der Waals surface area contributed by atoms with Crippen molar-refractivity contribution in [2.75, 3.05) is 13.2 Å². The number of halogens is 1. The Balaban J connectivity index is 1.43. The summed E-state index contributed by atoms with van der Waals surface area (Å²) in [6, 6.07) is 6.96. The molecule has 0 radical (unpaired) electrons. The number of aryl methyl sites for hydroxylation is 1. The van der Waals surface area contributed by atoms with E-state index < -0.39 is 0 Å². The fourth-order valence-corrected chi connectivity index (χ4v) is 3.09. The molecule has 3 heteroatoms. The number of ether oxygens (including phenoxy) is 1. The monoisotopic (exact) mass is 323 g/mol. The van der Waals surface area contributed by atoms with Gasteiger partial charge in [-0.1, -0.05) is 22.0 Å². The molecule has 0 aliphatic heterocycles. The van der Waals surface area contributed by atoms with Gasteiger partial charge in [0.05, 0.1) is 0 Å². The average Bonchev–Trinajstić information content (AvgIpc) is 3.26. The Morgan fingerprint density at radius 2 is 1.95 bits per heavy atom. The molecule has 0 atom stereocenters. The third-order valence-corrected chi connectivity index (χ3v) is 4.64. The van der Waals surface area contributed by atoms with Crippen LogP contribution in [0.15, 0.2) is 22.7 Å². The van der Waals surface area contributed by atoms with Crippen molar-refractivity contribution in [3.63, 3.8) is 0 Å². The van der Waals surface area contributed by atoms with Crippen LogP contribution >= 0.6 is 15.9 Å². The molecule has 0 unspecified atom stereocenters. The van der Waals surface area contributed by atoms with Gasteiger partial charge in [0.2, 0.25) is 0 Å². The van der Waals surface area contributed by atoms with E-state index in [1.807, 2.05) is 0 Å². The highest BCUT2D eigenvalue weighted by Crippen LogP contribution is 2.44. The van der Waals surface area contributed by atoms with Gasteiger partial charge in [0.1, 0.15) is 12.4 Å². The van der Waals surface area contributed by atoms with Crippen LogP contribution in [0.1, 0.15) is 31.2 Å². The minimum Gasteiger partial charge on any atom is -0.492 e. The molecule has 0 spiro atoms. The zero-order valence-electron chi connectivity index (χ0n) is 11.5. The van der Waals surface area contributed by atoms with E-state index in [0.29, 0.717) is 0 Å². The van der Waals surface area contributed by atoms with Gasteiger partial charge in [-0.15, -0.1) is 0 Å². The van der Waals surface area contributed by atoms with Crippen molar-refractivity contribution < 1.29 is 4.74 Å². The topological polar surface area (TPSA) is 21.3 Å². The Hall–Kier alpha value is -0.540. The maximum absolute atomic E-state index is 5.88. The van der Waals surface area contributed by atoms with E-state index in [-0.39, 0.29) is 0 Å². The van der Waals surface area contributed by atoms with Crippen molar-refractivity contribution in [2.24, 2.45) is 11.8 Å². The molecule has 1 N–H and O–H groups in total. The number of hydrogen-bond donors (Lipinski definition) is 1. The first-order valence-corrected chi connectivity index (χ1v) is 8.15. The zero-order valence-corrected chi connectivity index (χ0v) is 13.1. The number of rotatable bonds is 7. The van der Waals surface area contributed by atoms with Gasteiger partial charge in [0, 0.05) is 17.1 Å². The summed E-state index contributed by atoms with van der Waals surface area (Å²) in [6.07, 6.45) is 5.72. The van der Waals surface area contributed by atoms with Crippen LogP contribution in [0.5, 0.6) is 5.75 Å². The molecule has 2 aliphatic carbocycles. The molecule has 3 rings (SSSR count). The Labute approximate surface area is 124 Å². The van der Waals surface area contributed by atoms with E-state index >= 15 is 0 Å². The lowest BCUT2D eigenvalue weighted by Gasteiger charge is -2.18. The fourth-order valence-electron chi connectivity index (χ4n) is 2.74. The molecule has 1 aromatic carbocycles. The predicted molar refractivity (Wildman–Crippen MR) is 81.6 cm³/mol. The highest BCUT2D eigenvalue weighted by atomic mass is 79.9. The second-order valence-electron chi connectivity index (χ2n) is 5.91. The van der Waals surface area contributed by atoms with E-state index in [9.17, 15) is 0 Å². The largest absolute Gasteiger partial charge is 0.492 e. The van der Waals surface area contributed by atoms with Crippen LogP contribution in [0.25, 0.3) is 0 Å². The minimum atomic E-state index is 0.757. The molecular weight excluding hydrogens is 302 g/mol. The number of nitrogens with one attached hydrogen (secondary N) is 1. The van der Waals surface area contributed by atoms with Crippen molar-refractivity contribution in [3.05, 3.63) is 28.2 Å². The Morgan fingerprint density at radius 3 is 2.58 bits per heavy atom. The Bertz CT molecular complexity index is 428. The molecule has 0 bridgehead atoms. The minimum absolute atomic E-state index is 0.757. The van der Waals surface area contributed by atoms with Crippen molar-refractivity contribution in [1.82, 2.24) is 5.32 Å². The number of hydrogen-bond acceptors (Lipinski definition) is 2. The molecule has 0 amide bonds. The summed E-state index contributed by atoms with van der Waals surface area (Å²) in [6.45, 7) is 3.81. The summed E-state index contributed by atoms with van der Waals surface area (Å²) in [7, 11) is 0. The van der Waals surface area contributed by atoms with Crippen LogP contribution in [0.2, 0.25) is 0 Å². The second kappa shape index (κ2) is 5.84. The molecular formula is C16H22BrNO. The SMILES string of the molecule is Cc1ccc(Br)cc1OCCNC(C1CC1)C1CC1. The summed E-state index contributed by atoms with van der Waals surface area (Å²) in [5.41, 5.74) is 1.20. The van der Waals surface area contributed by atoms with Crippen molar-refractivity contribution in [1.29, 1.82) is 0 Å². The van der Waals surface area contributed by atoms with E-state index in [4.69, 9.17) is 4.74 Å². The Kier molecular flexibility index (Phi) is 4.13. The highest BCUT2D eigenvalue weighted by Gasteiger charge is 2.40. The van der Waals surface area contributed by atoms with Gasteiger partial charge in [-0.3, -0.25) is 0 Å². The van der Waals surface area contributed by atoms with Gasteiger partial charge in [-0.2, -0.15) is 0 Å². The molecule has 1 aromatic rings. The van der Waals surface area contributed by atoms with Crippen LogP contribution < -0.4 is 10.1 Å². The number of benzene rings is 1. The van der Waals surface area contributed by atoms with Crippen molar-refractivity contribution in [2.45, 2.75) is 38.6 Å². The summed E-state index contributed by atoms with van der Waals surface area (Å²) in [5, 5.41) is 3.71. The first-order valence-electron chi connectivity index (χ1n) is 7.36. The van der Waals surface area contributed by atoms with Gasteiger partial charge in [0.15, 0.2) is 0 Å². The van der Waals surface area contributed by atoms with E-state index in [2.05, 4.69) is 46.4 Å². The standard InChI is InChI=1S/C16H22BrNO/c1-11-2-7-14(17)10-15(11)19-9-8-18-16(12-3-4-12)13-5-6-13/h2,7,10,12-13,16,18H,3-6,8-9H2,1H3. The van der Waals surface area contributed by atoms with Crippen molar-refractivity contribution in [3.8, 4) is 5.75 Å². The van der Waals surface area contributed by atoms with Crippen LogP contribution in [0.4, 0.5) is 0 Å². The molecule has 2 saturated carbocycles. The van der Waals surface area contributed by atoms with E-state index in [1.54, 1.807) is 0 Å². The van der Waals surface area contributed by atoms with Gasteiger partial charge < -0.3 is 10.1 Å². The lowest BCUT2D eigenvalue weighted by molar-refractivity contribution is 0.292. The van der Waals surface area contributed by atoms with Crippen LogP contribution in [-0.4, -0.2) is 19.2 Å². The first-order chi connectivity index (χ1) is 9.24. The smallest absolute Gasteiger partial charge is 0.123 e. The van der Waals surface area contributed by atoms with Crippen molar-refractivity contribution >= 4 is 15.9 Å². The predicted octanol–water partition coefficient (Wildman–Crippen LogP) is 3.91. The van der Waals surface area contributed by atoms with Gasteiger partial charge in [-0.05, 0) is 62.1 Å². The van der Waals surface area contributed by atoms with E-state index in [0.717, 1.165) is 41.3 Å². The summed E-state index contributed by atoms with van der Waals surface area (Å²) in [4.78, 5) is 0. The maximum atomic E-state index is 5.88. The lowest BCUT2D eigenvalue weighted by Crippen LogP contribution is -2.36. The highest BCUT2D eigenvalue weighted by molar-refractivity contribution is 9.10. The lowest BCUT2D eigenvalue weighted by atomic mass is 10.1. The van der Waals surface area contributed by atoms with Crippen LogP contribution in [-0.2, 0) is 0 Å². The summed E-state index contributed by atoms with van der Waals surface area (Å²) >= 11 is 3.49. The quantitative estimate of drug-likeness (QED) is 0.768. The van der Waals surface area contributed by atoms with Gasteiger partial charge in [-0.25, -0.2) is 0 Å². The molecule has 0 aromatic heterocycles. The molecule has 19 heavy (non-hydrogen) atoms. The maximum Gasteiger partial charge on any atom is 0.123 e. The summed E-state index contributed by atoms with van der Waals surface area (Å²) < 4.78 is 6.95. The second-order valence-corrected chi connectivity index (χ2v) is 6.83. The third kappa shape index (κ3) is 3.73. The van der Waals surface area contributed by atoms with Crippen LogP contribution in [0, 0.1) is 18.8 Å². The molecule has 0 saturated heterocycles. The van der Waals surface area contributed by atoms with E-state index in [1.165, 1.54) is 31.2 Å². The molecule has 0 heterocycles.